The Morgan fingerprint density at radius 2 is 2.07 bits per heavy atom. The molecule has 1 atom stereocenters. The van der Waals surface area contributed by atoms with Gasteiger partial charge in [0.15, 0.2) is 0 Å². The monoisotopic (exact) mass is 399 g/mol. The first kappa shape index (κ1) is 19.4. The van der Waals surface area contributed by atoms with Gasteiger partial charge in [-0.05, 0) is 48.3 Å². The number of benzene rings is 1. The molecule has 3 aliphatic rings. The van der Waals surface area contributed by atoms with E-state index in [4.69, 9.17) is 4.74 Å². The summed E-state index contributed by atoms with van der Waals surface area (Å²) in [5, 5.41) is 5.01. The molecule has 1 aromatic carbocycles. The minimum absolute atomic E-state index is 0.224. The highest BCUT2D eigenvalue weighted by Crippen LogP contribution is 2.33. The first-order chi connectivity index (χ1) is 13.9. The molecule has 8 heteroatoms. The highest BCUT2D eigenvalue weighted by Gasteiger charge is 2.39. The summed E-state index contributed by atoms with van der Waals surface area (Å²) in [5.74, 6) is 0.232. The van der Waals surface area contributed by atoms with Crippen LogP contribution in [0.5, 0.6) is 0 Å². The molecule has 2 aliphatic heterocycles. The van der Waals surface area contributed by atoms with Crippen molar-refractivity contribution in [2.24, 2.45) is 11.8 Å². The summed E-state index contributed by atoms with van der Waals surface area (Å²) >= 11 is 0. The van der Waals surface area contributed by atoms with E-state index in [1.54, 1.807) is 6.07 Å². The maximum atomic E-state index is 12.8. The van der Waals surface area contributed by atoms with Crippen LogP contribution in [0.25, 0.3) is 0 Å². The Balaban J connectivity index is 1.32. The van der Waals surface area contributed by atoms with Crippen LogP contribution in [0, 0.1) is 11.8 Å². The van der Waals surface area contributed by atoms with E-state index < -0.39 is 18.0 Å². The van der Waals surface area contributed by atoms with Gasteiger partial charge in [0.05, 0.1) is 6.61 Å². The van der Waals surface area contributed by atoms with Crippen LogP contribution in [-0.2, 0) is 27.4 Å². The van der Waals surface area contributed by atoms with E-state index in [1.165, 1.54) is 4.90 Å². The number of fused-ring (bicyclic) bond motifs is 1. The number of hydrogen-bond donors (Lipinski definition) is 2. The second-order valence-electron chi connectivity index (χ2n) is 8.29. The third-order valence-electron chi connectivity index (χ3n) is 5.95. The number of amides is 4. The maximum Gasteiger partial charge on any atom is 0.407 e. The van der Waals surface area contributed by atoms with Crippen LogP contribution < -0.4 is 10.6 Å². The van der Waals surface area contributed by atoms with Crippen LogP contribution in [0.4, 0.5) is 4.79 Å². The Kier molecular flexibility index (Phi) is 5.25. The molecular formula is C21H25N3O5. The molecule has 1 aliphatic carbocycles. The van der Waals surface area contributed by atoms with Crippen molar-refractivity contribution in [2.45, 2.75) is 51.7 Å². The summed E-state index contributed by atoms with van der Waals surface area (Å²) in [5.41, 5.74) is 2.16. The van der Waals surface area contributed by atoms with Gasteiger partial charge in [-0.25, -0.2) is 4.79 Å². The van der Waals surface area contributed by atoms with Crippen LogP contribution in [-0.4, -0.2) is 41.4 Å². The standard InChI is InChI=1S/C21H25N3O5/c1-12-6-14(7-12)11-29-21(28)22-9-13-2-3-15-10-24(20(27)16(15)8-13)17-4-5-18(25)23-19(17)26/h2-3,8,12,14,17H,4-7,9-11H2,1H3,(H,22,28)(H,23,25,26). The summed E-state index contributed by atoms with van der Waals surface area (Å²) in [7, 11) is 0. The van der Waals surface area contributed by atoms with Crippen molar-refractivity contribution in [3.05, 3.63) is 34.9 Å². The van der Waals surface area contributed by atoms with Gasteiger partial charge in [0.2, 0.25) is 11.8 Å². The van der Waals surface area contributed by atoms with Gasteiger partial charge in [-0.2, -0.15) is 0 Å². The summed E-state index contributed by atoms with van der Waals surface area (Å²) < 4.78 is 5.25. The fourth-order valence-corrected chi connectivity index (χ4v) is 4.34. The van der Waals surface area contributed by atoms with E-state index in [2.05, 4.69) is 17.6 Å². The Morgan fingerprint density at radius 3 is 2.79 bits per heavy atom. The summed E-state index contributed by atoms with van der Waals surface area (Å²) in [6, 6.07) is 4.82. The fourth-order valence-electron chi connectivity index (χ4n) is 4.34. The Labute approximate surface area is 169 Å². The zero-order chi connectivity index (χ0) is 20.5. The van der Waals surface area contributed by atoms with Gasteiger partial charge in [-0.15, -0.1) is 0 Å². The van der Waals surface area contributed by atoms with E-state index >= 15 is 0 Å². The molecule has 29 heavy (non-hydrogen) atoms. The van der Waals surface area contributed by atoms with Crippen molar-refractivity contribution in [1.82, 2.24) is 15.5 Å². The van der Waals surface area contributed by atoms with Gasteiger partial charge in [-0.1, -0.05) is 19.1 Å². The van der Waals surface area contributed by atoms with Crippen LogP contribution in [0.15, 0.2) is 18.2 Å². The van der Waals surface area contributed by atoms with Crippen molar-refractivity contribution in [1.29, 1.82) is 0 Å². The molecular weight excluding hydrogens is 374 g/mol. The van der Waals surface area contributed by atoms with E-state index in [1.807, 2.05) is 12.1 Å². The Morgan fingerprint density at radius 1 is 1.28 bits per heavy atom. The van der Waals surface area contributed by atoms with Gasteiger partial charge >= 0.3 is 6.09 Å². The molecule has 2 heterocycles. The third kappa shape index (κ3) is 4.11. The van der Waals surface area contributed by atoms with Gasteiger partial charge in [0.25, 0.3) is 5.91 Å². The molecule has 1 aromatic rings. The van der Waals surface area contributed by atoms with Crippen molar-refractivity contribution in [3.8, 4) is 0 Å². The number of nitrogens with one attached hydrogen (secondary N) is 2. The van der Waals surface area contributed by atoms with Crippen molar-refractivity contribution < 1.29 is 23.9 Å². The molecule has 0 spiro atoms. The molecule has 4 rings (SSSR count). The topological polar surface area (TPSA) is 105 Å². The van der Waals surface area contributed by atoms with Crippen molar-refractivity contribution in [2.75, 3.05) is 6.61 Å². The lowest BCUT2D eigenvalue weighted by Gasteiger charge is -2.31. The minimum atomic E-state index is -0.627. The number of hydrogen-bond acceptors (Lipinski definition) is 5. The highest BCUT2D eigenvalue weighted by atomic mass is 16.5. The second kappa shape index (κ2) is 7.85. The molecule has 2 N–H and O–H groups in total. The molecule has 4 amide bonds. The molecule has 1 saturated carbocycles. The quantitative estimate of drug-likeness (QED) is 0.734. The smallest absolute Gasteiger partial charge is 0.407 e. The zero-order valence-electron chi connectivity index (χ0n) is 16.4. The van der Waals surface area contributed by atoms with E-state index in [0.717, 1.165) is 29.9 Å². The largest absolute Gasteiger partial charge is 0.449 e. The van der Waals surface area contributed by atoms with Crippen LogP contribution in [0.3, 0.4) is 0 Å². The first-order valence-corrected chi connectivity index (χ1v) is 10.1. The average Bonchev–Trinajstić information content (AvgIpc) is 2.99. The van der Waals surface area contributed by atoms with E-state index in [9.17, 15) is 19.2 Å². The highest BCUT2D eigenvalue weighted by molar-refractivity contribution is 6.05. The molecule has 1 saturated heterocycles. The lowest BCUT2D eigenvalue weighted by atomic mass is 9.77. The maximum absolute atomic E-state index is 12.8. The molecule has 1 unspecified atom stereocenters. The summed E-state index contributed by atoms with van der Waals surface area (Å²) in [6.07, 6.45) is 2.31. The normalized spacial score (nSPS) is 25.9. The average molecular weight is 399 g/mol. The van der Waals surface area contributed by atoms with Crippen LogP contribution >= 0.6 is 0 Å². The molecule has 8 nitrogen and oxygen atoms in total. The van der Waals surface area contributed by atoms with Crippen LogP contribution in [0.1, 0.15) is 54.1 Å². The number of piperidine rings is 1. The van der Waals surface area contributed by atoms with Gasteiger partial charge in [-0.3, -0.25) is 19.7 Å². The molecule has 0 aromatic heterocycles. The lowest BCUT2D eigenvalue weighted by molar-refractivity contribution is -0.136. The molecule has 0 bridgehead atoms. The van der Waals surface area contributed by atoms with Gasteiger partial charge in [0, 0.05) is 25.1 Å². The van der Waals surface area contributed by atoms with Crippen molar-refractivity contribution >= 4 is 23.8 Å². The van der Waals surface area contributed by atoms with Gasteiger partial charge < -0.3 is 15.0 Å². The molecule has 2 fully saturated rings. The Bertz CT molecular complexity index is 862. The predicted octanol–water partition coefficient (Wildman–Crippen LogP) is 1.72. The molecule has 0 radical (unpaired) electrons. The Hall–Kier alpha value is -2.90. The third-order valence-corrected chi connectivity index (χ3v) is 5.95. The fraction of sp³-hybridized carbons (Fsp3) is 0.524. The summed E-state index contributed by atoms with van der Waals surface area (Å²) in [6.45, 7) is 3.24. The lowest BCUT2D eigenvalue weighted by Crippen LogP contribution is -2.52. The van der Waals surface area contributed by atoms with Crippen LogP contribution in [0.2, 0.25) is 0 Å². The number of carbonyl (C=O) groups is 4. The SMILES string of the molecule is CC1CC(COC(=O)NCc2ccc3c(c2)C(=O)N(C2CCC(=O)NC2=O)C3)C1. The zero-order valence-corrected chi connectivity index (χ0v) is 16.4. The number of ether oxygens (including phenoxy) is 1. The summed E-state index contributed by atoms with van der Waals surface area (Å²) in [4.78, 5) is 49.6. The number of alkyl carbamates (subject to hydrolysis) is 1. The number of carbonyl (C=O) groups excluding carboxylic acids is 4. The molecule has 154 valence electrons. The van der Waals surface area contributed by atoms with Crippen molar-refractivity contribution in [3.63, 3.8) is 0 Å². The van der Waals surface area contributed by atoms with E-state index in [0.29, 0.717) is 31.1 Å². The first-order valence-electron chi connectivity index (χ1n) is 10.1. The van der Waals surface area contributed by atoms with E-state index in [-0.39, 0.29) is 24.8 Å². The minimum Gasteiger partial charge on any atom is -0.449 e. The number of nitrogens with zero attached hydrogens (tertiary/aromatic N) is 1. The predicted molar refractivity (Wildman–Crippen MR) is 103 cm³/mol. The number of rotatable bonds is 5. The van der Waals surface area contributed by atoms with Gasteiger partial charge in [0.1, 0.15) is 6.04 Å². The second-order valence-corrected chi connectivity index (χ2v) is 8.29. The number of imide groups is 1.